The SMILES string of the molecule is Cc1c(C(N)C(C)C)c2ccccc2n1C. The number of fused-ring (bicyclic) bond motifs is 1. The molecule has 0 aliphatic carbocycles. The predicted molar refractivity (Wildman–Crippen MR) is 69.4 cm³/mol. The standard InChI is InChI=1S/C14H20N2/c1-9(2)14(15)13-10(3)16(4)12-8-6-5-7-11(12)13/h5-9,14H,15H2,1-4H3. The van der Waals surface area contributed by atoms with Crippen molar-refractivity contribution < 1.29 is 0 Å². The lowest BCUT2D eigenvalue weighted by molar-refractivity contribution is 0.513. The van der Waals surface area contributed by atoms with E-state index in [-0.39, 0.29) is 6.04 Å². The fourth-order valence-electron chi connectivity index (χ4n) is 2.30. The topological polar surface area (TPSA) is 30.9 Å². The molecule has 0 bridgehead atoms. The minimum atomic E-state index is 0.117. The Labute approximate surface area is 97.1 Å². The summed E-state index contributed by atoms with van der Waals surface area (Å²) in [5, 5.41) is 1.30. The smallest absolute Gasteiger partial charge is 0.0483 e. The van der Waals surface area contributed by atoms with Crippen molar-refractivity contribution in [3.05, 3.63) is 35.5 Å². The summed E-state index contributed by atoms with van der Waals surface area (Å²) < 4.78 is 2.23. The molecule has 2 aromatic rings. The maximum atomic E-state index is 6.30. The monoisotopic (exact) mass is 216 g/mol. The molecule has 0 saturated heterocycles. The zero-order valence-electron chi connectivity index (χ0n) is 10.5. The summed E-state index contributed by atoms with van der Waals surface area (Å²) in [6.45, 7) is 6.50. The molecule has 2 N–H and O–H groups in total. The van der Waals surface area contributed by atoms with Gasteiger partial charge in [-0.1, -0.05) is 32.0 Å². The van der Waals surface area contributed by atoms with Gasteiger partial charge in [-0.3, -0.25) is 0 Å². The van der Waals surface area contributed by atoms with Crippen molar-refractivity contribution in [2.75, 3.05) is 0 Å². The highest BCUT2D eigenvalue weighted by Crippen LogP contribution is 2.31. The summed E-state index contributed by atoms with van der Waals surface area (Å²) in [5.41, 5.74) is 10.2. The average Bonchev–Trinajstić information content (AvgIpc) is 2.52. The fraction of sp³-hybridized carbons (Fsp3) is 0.429. The van der Waals surface area contributed by atoms with Gasteiger partial charge in [0.25, 0.3) is 0 Å². The van der Waals surface area contributed by atoms with Crippen LogP contribution >= 0.6 is 0 Å². The van der Waals surface area contributed by atoms with E-state index in [1.165, 1.54) is 22.2 Å². The molecule has 1 atom stereocenters. The number of para-hydroxylation sites is 1. The van der Waals surface area contributed by atoms with Crippen molar-refractivity contribution in [1.29, 1.82) is 0 Å². The zero-order valence-corrected chi connectivity index (χ0v) is 10.5. The van der Waals surface area contributed by atoms with E-state index in [4.69, 9.17) is 5.73 Å². The van der Waals surface area contributed by atoms with Crippen LogP contribution in [0.2, 0.25) is 0 Å². The lowest BCUT2D eigenvalue weighted by Gasteiger charge is -2.16. The van der Waals surface area contributed by atoms with Crippen LogP contribution in [0.25, 0.3) is 10.9 Å². The average molecular weight is 216 g/mol. The Bertz CT molecular complexity index is 509. The Kier molecular flexibility index (Phi) is 2.76. The quantitative estimate of drug-likeness (QED) is 0.821. The summed E-state index contributed by atoms with van der Waals surface area (Å²) in [6.07, 6.45) is 0. The molecule has 1 unspecified atom stereocenters. The largest absolute Gasteiger partial charge is 0.348 e. The van der Waals surface area contributed by atoms with Crippen LogP contribution in [0.5, 0.6) is 0 Å². The molecule has 0 aliphatic rings. The van der Waals surface area contributed by atoms with E-state index < -0.39 is 0 Å². The number of nitrogens with zero attached hydrogens (tertiary/aromatic N) is 1. The number of hydrogen-bond acceptors (Lipinski definition) is 1. The van der Waals surface area contributed by atoms with Crippen LogP contribution in [0.3, 0.4) is 0 Å². The Hall–Kier alpha value is -1.28. The van der Waals surface area contributed by atoms with E-state index in [2.05, 4.69) is 56.7 Å². The van der Waals surface area contributed by atoms with Crippen LogP contribution in [0, 0.1) is 12.8 Å². The second-order valence-electron chi connectivity index (χ2n) is 4.85. The van der Waals surface area contributed by atoms with Gasteiger partial charge in [0, 0.05) is 29.7 Å². The number of hydrogen-bond donors (Lipinski definition) is 1. The van der Waals surface area contributed by atoms with Crippen molar-refractivity contribution >= 4 is 10.9 Å². The minimum absolute atomic E-state index is 0.117. The van der Waals surface area contributed by atoms with Gasteiger partial charge in [-0.05, 0) is 24.5 Å². The maximum absolute atomic E-state index is 6.30. The number of benzene rings is 1. The van der Waals surface area contributed by atoms with E-state index in [1.807, 2.05) is 0 Å². The van der Waals surface area contributed by atoms with Gasteiger partial charge in [0.1, 0.15) is 0 Å². The van der Waals surface area contributed by atoms with Crippen molar-refractivity contribution in [3.63, 3.8) is 0 Å². The van der Waals surface area contributed by atoms with Gasteiger partial charge < -0.3 is 10.3 Å². The summed E-state index contributed by atoms with van der Waals surface area (Å²) >= 11 is 0. The summed E-state index contributed by atoms with van der Waals surface area (Å²) in [6, 6.07) is 8.59. The Balaban J connectivity index is 2.73. The first-order chi connectivity index (χ1) is 7.54. The zero-order chi connectivity index (χ0) is 11.9. The normalized spacial score (nSPS) is 13.6. The molecule has 0 fully saturated rings. The van der Waals surface area contributed by atoms with Gasteiger partial charge in [0.2, 0.25) is 0 Å². The highest BCUT2D eigenvalue weighted by atomic mass is 15.0. The molecule has 0 aliphatic heterocycles. The third-order valence-electron chi connectivity index (χ3n) is 3.50. The van der Waals surface area contributed by atoms with Gasteiger partial charge >= 0.3 is 0 Å². The highest BCUT2D eigenvalue weighted by molar-refractivity contribution is 5.86. The van der Waals surface area contributed by atoms with E-state index >= 15 is 0 Å². The molecule has 86 valence electrons. The van der Waals surface area contributed by atoms with E-state index in [0.717, 1.165) is 0 Å². The molecule has 2 nitrogen and oxygen atoms in total. The maximum Gasteiger partial charge on any atom is 0.0483 e. The molecular weight excluding hydrogens is 196 g/mol. The number of nitrogens with two attached hydrogens (primary N) is 1. The van der Waals surface area contributed by atoms with Gasteiger partial charge in [-0.15, -0.1) is 0 Å². The molecule has 16 heavy (non-hydrogen) atoms. The highest BCUT2D eigenvalue weighted by Gasteiger charge is 2.19. The van der Waals surface area contributed by atoms with Gasteiger partial charge in [-0.2, -0.15) is 0 Å². The first kappa shape index (κ1) is 11.2. The van der Waals surface area contributed by atoms with Crippen molar-refractivity contribution in [1.82, 2.24) is 4.57 Å². The first-order valence-electron chi connectivity index (χ1n) is 5.83. The van der Waals surface area contributed by atoms with Crippen LogP contribution < -0.4 is 5.73 Å². The number of rotatable bonds is 2. The number of aryl methyl sites for hydroxylation is 1. The molecule has 0 saturated carbocycles. The third-order valence-corrected chi connectivity index (χ3v) is 3.50. The van der Waals surface area contributed by atoms with Crippen molar-refractivity contribution in [2.24, 2.45) is 18.7 Å². The van der Waals surface area contributed by atoms with E-state index in [9.17, 15) is 0 Å². The van der Waals surface area contributed by atoms with Crippen LogP contribution in [0.1, 0.15) is 31.1 Å². The predicted octanol–water partition coefficient (Wildman–Crippen LogP) is 3.14. The molecular formula is C14H20N2. The molecule has 1 aromatic carbocycles. The molecule has 0 amide bonds. The number of aromatic nitrogens is 1. The molecule has 2 heteroatoms. The van der Waals surface area contributed by atoms with Crippen molar-refractivity contribution in [2.45, 2.75) is 26.8 Å². The molecule has 2 rings (SSSR count). The fourth-order valence-corrected chi connectivity index (χ4v) is 2.30. The Morgan fingerprint density at radius 2 is 1.81 bits per heavy atom. The molecule has 0 spiro atoms. The van der Waals surface area contributed by atoms with Crippen LogP contribution in [0.4, 0.5) is 0 Å². The molecule has 1 aromatic heterocycles. The van der Waals surface area contributed by atoms with Crippen LogP contribution in [-0.2, 0) is 7.05 Å². The summed E-state index contributed by atoms with van der Waals surface area (Å²) in [5.74, 6) is 0.463. The lowest BCUT2D eigenvalue weighted by atomic mass is 9.95. The third kappa shape index (κ3) is 1.54. The lowest BCUT2D eigenvalue weighted by Crippen LogP contribution is -2.17. The Morgan fingerprint density at radius 1 is 1.19 bits per heavy atom. The summed E-state index contributed by atoms with van der Waals surface area (Å²) in [7, 11) is 2.11. The van der Waals surface area contributed by atoms with Crippen LogP contribution in [-0.4, -0.2) is 4.57 Å². The van der Waals surface area contributed by atoms with Crippen LogP contribution in [0.15, 0.2) is 24.3 Å². The van der Waals surface area contributed by atoms with Gasteiger partial charge in [-0.25, -0.2) is 0 Å². The summed E-state index contributed by atoms with van der Waals surface area (Å²) in [4.78, 5) is 0. The van der Waals surface area contributed by atoms with Gasteiger partial charge in [0.05, 0.1) is 0 Å². The van der Waals surface area contributed by atoms with E-state index in [0.29, 0.717) is 5.92 Å². The second-order valence-corrected chi connectivity index (χ2v) is 4.85. The minimum Gasteiger partial charge on any atom is -0.348 e. The second kappa shape index (κ2) is 3.95. The van der Waals surface area contributed by atoms with Gasteiger partial charge in [0.15, 0.2) is 0 Å². The Morgan fingerprint density at radius 3 is 2.44 bits per heavy atom. The van der Waals surface area contributed by atoms with Crippen molar-refractivity contribution in [3.8, 4) is 0 Å². The first-order valence-corrected chi connectivity index (χ1v) is 5.83. The molecule has 1 heterocycles. The molecule has 0 radical (unpaired) electrons. The van der Waals surface area contributed by atoms with E-state index in [1.54, 1.807) is 0 Å².